The lowest BCUT2D eigenvalue weighted by molar-refractivity contribution is 0.000227. The molecule has 0 heterocycles. The van der Waals surface area contributed by atoms with Gasteiger partial charge in [0.25, 0.3) is 0 Å². The Bertz CT molecular complexity index is 819. The van der Waals surface area contributed by atoms with Crippen LogP contribution in [-0.2, 0) is 0 Å². The molecule has 2 heteroatoms. The smallest absolute Gasteiger partial charge is 0.122 e. The second-order valence-corrected chi connectivity index (χ2v) is 9.37. The summed E-state index contributed by atoms with van der Waals surface area (Å²) in [5.41, 5.74) is 6.17. The van der Waals surface area contributed by atoms with E-state index in [0.717, 1.165) is 34.1 Å². The molecule has 2 nitrogen and oxygen atoms in total. The Morgan fingerprint density at radius 3 is 1.70 bits per heavy atom. The fraction of sp³-hybridized carbons (Fsp3) is 0.520. The Kier molecular flexibility index (Phi) is 4.49. The lowest BCUT2D eigenvalue weighted by atomic mass is 9.52. The molecule has 2 N–H and O–H groups in total. The zero-order valence-corrected chi connectivity index (χ0v) is 17.2. The molecule has 0 aliphatic heterocycles. The normalized spacial score (nSPS) is 26.9. The Morgan fingerprint density at radius 1 is 0.778 bits per heavy atom. The van der Waals surface area contributed by atoms with Crippen LogP contribution in [0.3, 0.4) is 0 Å². The lowest BCUT2D eigenvalue weighted by Gasteiger charge is -2.52. The van der Waals surface area contributed by atoms with Crippen LogP contribution in [-0.4, -0.2) is 10.2 Å². The summed E-state index contributed by atoms with van der Waals surface area (Å²) < 4.78 is 0. The third-order valence-corrected chi connectivity index (χ3v) is 7.34. The topological polar surface area (TPSA) is 40.5 Å². The third-order valence-electron chi connectivity index (χ3n) is 7.34. The maximum atomic E-state index is 11.0. The quantitative estimate of drug-likeness (QED) is 0.686. The molecule has 2 atom stereocenters. The first-order chi connectivity index (χ1) is 12.8. The predicted octanol–water partition coefficient (Wildman–Crippen LogP) is 6.15. The van der Waals surface area contributed by atoms with Gasteiger partial charge in [-0.2, -0.15) is 0 Å². The average molecular weight is 365 g/mol. The van der Waals surface area contributed by atoms with E-state index in [2.05, 4.69) is 32.9 Å². The van der Waals surface area contributed by atoms with Crippen molar-refractivity contribution in [2.24, 2.45) is 23.7 Å². The summed E-state index contributed by atoms with van der Waals surface area (Å²) in [6.07, 6.45) is 3.92. The van der Waals surface area contributed by atoms with Crippen LogP contribution in [0, 0.1) is 51.4 Å². The highest BCUT2D eigenvalue weighted by molar-refractivity contribution is 5.54. The summed E-state index contributed by atoms with van der Waals surface area (Å²) in [4.78, 5) is 0. The minimum Gasteiger partial charge on any atom is -0.507 e. The lowest BCUT2D eigenvalue weighted by Crippen LogP contribution is -2.43. The van der Waals surface area contributed by atoms with Gasteiger partial charge in [0.1, 0.15) is 11.5 Å². The third kappa shape index (κ3) is 3.03. The van der Waals surface area contributed by atoms with E-state index in [4.69, 9.17) is 0 Å². The van der Waals surface area contributed by atoms with Gasteiger partial charge in [0.05, 0.1) is 0 Å². The fourth-order valence-corrected chi connectivity index (χ4v) is 5.89. The minimum absolute atomic E-state index is 0.0443. The molecule has 3 aliphatic rings. The highest BCUT2D eigenvalue weighted by atomic mass is 16.3. The first-order valence-electron chi connectivity index (χ1n) is 10.4. The van der Waals surface area contributed by atoms with Crippen LogP contribution >= 0.6 is 0 Å². The molecule has 2 bridgehead atoms. The van der Waals surface area contributed by atoms with Gasteiger partial charge in [-0.3, -0.25) is 0 Å². The maximum Gasteiger partial charge on any atom is 0.122 e. The molecule has 2 unspecified atom stereocenters. The molecule has 3 aliphatic carbocycles. The summed E-state index contributed by atoms with van der Waals surface area (Å²) in [7, 11) is 0. The van der Waals surface area contributed by atoms with Crippen molar-refractivity contribution in [1.82, 2.24) is 0 Å². The zero-order chi connectivity index (χ0) is 19.5. The van der Waals surface area contributed by atoms with Crippen molar-refractivity contribution in [3.05, 3.63) is 57.6 Å². The molecular weight excluding hydrogens is 332 g/mol. The molecule has 0 saturated heterocycles. The molecule has 3 fully saturated rings. The van der Waals surface area contributed by atoms with Gasteiger partial charge < -0.3 is 10.2 Å². The monoisotopic (exact) mass is 364 g/mol. The van der Waals surface area contributed by atoms with Gasteiger partial charge in [-0.1, -0.05) is 42.3 Å². The minimum atomic E-state index is 0.0443. The van der Waals surface area contributed by atoms with Crippen LogP contribution in [0.2, 0.25) is 0 Å². The van der Waals surface area contributed by atoms with Gasteiger partial charge in [-0.25, -0.2) is 0 Å². The number of rotatable bonds is 3. The SMILES string of the molecule is Cc1cc(C)c(O)c(C(c2cc(C)cc(C)c2O)C2CC3CC(C3)C2C)c1. The molecule has 5 rings (SSSR count). The van der Waals surface area contributed by atoms with Crippen LogP contribution in [0.25, 0.3) is 0 Å². The van der Waals surface area contributed by atoms with Crippen molar-refractivity contribution in [3.8, 4) is 11.5 Å². The summed E-state index contributed by atoms with van der Waals surface area (Å²) in [6, 6.07) is 8.35. The Morgan fingerprint density at radius 2 is 1.26 bits per heavy atom. The summed E-state index contributed by atoms with van der Waals surface area (Å²) in [5.74, 6) is 3.54. The molecule has 0 amide bonds. The van der Waals surface area contributed by atoms with Crippen LogP contribution in [0.4, 0.5) is 0 Å². The number of hydrogen-bond donors (Lipinski definition) is 2. The standard InChI is InChI=1S/C25H32O2/c1-13-6-15(3)24(26)21(8-13)23(20-12-18-10-19(11-18)17(20)5)22-9-14(2)7-16(4)25(22)27/h6-9,17-20,23,26-27H,10-12H2,1-5H3. The fourth-order valence-electron chi connectivity index (χ4n) is 5.89. The second kappa shape index (κ2) is 6.58. The van der Waals surface area contributed by atoms with Crippen LogP contribution in [0.5, 0.6) is 11.5 Å². The van der Waals surface area contributed by atoms with E-state index in [0.29, 0.717) is 23.3 Å². The number of benzene rings is 2. The molecule has 144 valence electrons. The van der Waals surface area contributed by atoms with Crippen molar-refractivity contribution in [2.45, 2.75) is 59.8 Å². The first kappa shape index (κ1) is 18.4. The number of phenolic OH excluding ortho intramolecular Hbond substituents is 2. The van der Waals surface area contributed by atoms with Gasteiger partial charge in [0, 0.05) is 17.0 Å². The van der Waals surface area contributed by atoms with Crippen LogP contribution in [0.1, 0.15) is 65.5 Å². The van der Waals surface area contributed by atoms with Crippen molar-refractivity contribution in [2.75, 3.05) is 0 Å². The van der Waals surface area contributed by atoms with Crippen LogP contribution < -0.4 is 0 Å². The summed E-state index contributed by atoms with van der Waals surface area (Å²) in [5, 5.41) is 22.0. The van der Waals surface area contributed by atoms with Crippen LogP contribution in [0.15, 0.2) is 24.3 Å². The van der Waals surface area contributed by atoms with Crippen molar-refractivity contribution >= 4 is 0 Å². The van der Waals surface area contributed by atoms with E-state index in [-0.39, 0.29) is 5.92 Å². The summed E-state index contributed by atoms with van der Waals surface area (Å²) >= 11 is 0. The second-order valence-electron chi connectivity index (χ2n) is 9.37. The molecule has 0 spiro atoms. The number of hydrogen-bond acceptors (Lipinski definition) is 2. The molecular formula is C25H32O2. The van der Waals surface area contributed by atoms with E-state index in [1.54, 1.807) is 0 Å². The van der Waals surface area contributed by atoms with Crippen molar-refractivity contribution in [3.63, 3.8) is 0 Å². The Labute approximate surface area is 163 Å². The predicted molar refractivity (Wildman–Crippen MR) is 110 cm³/mol. The number of phenols is 2. The molecule has 2 aromatic rings. The number of aryl methyl sites for hydroxylation is 4. The Hall–Kier alpha value is -1.96. The van der Waals surface area contributed by atoms with Gasteiger partial charge in [0.2, 0.25) is 0 Å². The van der Waals surface area contributed by atoms with Gasteiger partial charge in [-0.05, 0) is 81.8 Å². The Balaban J connectivity index is 1.92. The molecule has 27 heavy (non-hydrogen) atoms. The van der Waals surface area contributed by atoms with Gasteiger partial charge in [0.15, 0.2) is 0 Å². The van der Waals surface area contributed by atoms with E-state index in [1.807, 2.05) is 26.0 Å². The van der Waals surface area contributed by atoms with Gasteiger partial charge in [-0.15, -0.1) is 0 Å². The van der Waals surface area contributed by atoms with E-state index in [1.165, 1.54) is 30.4 Å². The number of fused-ring (bicyclic) bond motifs is 2. The highest BCUT2D eigenvalue weighted by Crippen LogP contribution is 2.58. The largest absolute Gasteiger partial charge is 0.507 e. The van der Waals surface area contributed by atoms with Crippen molar-refractivity contribution < 1.29 is 10.2 Å². The maximum absolute atomic E-state index is 11.0. The summed E-state index contributed by atoms with van der Waals surface area (Å²) in [6.45, 7) is 10.5. The van der Waals surface area contributed by atoms with E-state index in [9.17, 15) is 10.2 Å². The van der Waals surface area contributed by atoms with Crippen molar-refractivity contribution in [1.29, 1.82) is 0 Å². The average Bonchev–Trinajstić information content (AvgIpc) is 2.56. The van der Waals surface area contributed by atoms with Gasteiger partial charge >= 0.3 is 0 Å². The molecule has 0 radical (unpaired) electrons. The molecule has 0 aromatic heterocycles. The zero-order valence-electron chi connectivity index (χ0n) is 17.2. The van der Waals surface area contributed by atoms with E-state index >= 15 is 0 Å². The molecule has 3 saturated carbocycles. The first-order valence-corrected chi connectivity index (χ1v) is 10.4. The number of aromatic hydroxyl groups is 2. The van der Waals surface area contributed by atoms with E-state index < -0.39 is 0 Å². The highest BCUT2D eigenvalue weighted by Gasteiger charge is 2.47. The molecule has 2 aromatic carbocycles.